The van der Waals surface area contributed by atoms with Gasteiger partial charge in [0.25, 0.3) is 0 Å². The van der Waals surface area contributed by atoms with E-state index in [1.165, 1.54) is 0 Å². The van der Waals surface area contributed by atoms with E-state index < -0.39 is 29.9 Å². The lowest BCUT2D eigenvalue weighted by Crippen LogP contribution is -2.37. The van der Waals surface area contributed by atoms with Gasteiger partial charge in [-0.3, -0.25) is 5.10 Å². The Labute approximate surface area is 87.9 Å². The van der Waals surface area contributed by atoms with E-state index >= 15 is 0 Å². The van der Waals surface area contributed by atoms with Crippen molar-refractivity contribution in [3.63, 3.8) is 0 Å². The summed E-state index contributed by atoms with van der Waals surface area (Å²) in [7, 11) is 0. The van der Waals surface area contributed by atoms with Crippen molar-refractivity contribution in [2.45, 2.75) is 25.1 Å². The second-order valence-corrected chi connectivity index (χ2v) is 3.52. The molecule has 0 aromatic carbocycles. The Hall–Kier alpha value is -1.57. The summed E-state index contributed by atoms with van der Waals surface area (Å²) in [5.74, 6) is -1.60. The molecule has 0 fully saturated rings. The number of aromatic amines is 1. The molecule has 1 rings (SSSR count). The van der Waals surface area contributed by atoms with Crippen molar-refractivity contribution in [2.24, 2.45) is 0 Å². The van der Waals surface area contributed by atoms with Gasteiger partial charge in [0.2, 0.25) is 0 Å². The number of aromatic nitrogens is 2. The molecule has 0 saturated heterocycles. The number of aliphatic hydroxyl groups is 1. The summed E-state index contributed by atoms with van der Waals surface area (Å²) in [5.41, 5.74) is -3.79. The lowest BCUT2D eigenvalue weighted by molar-refractivity contribution is -0.157. The molecular formula is C8H9F3N2O3. The van der Waals surface area contributed by atoms with E-state index in [4.69, 9.17) is 5.11 Å². The van der Waals surface area contributed by atoms with Crippen LogP contribution in [0.25, 0.3) is 0 Å². The highest BCUT2D eigenvalue weighted by atomic mass is 19.4. The van der Waals surface area contributed by atoms with Crippen molar-refractivity contribution in [3.8, 4) is 0 Å². The molecule has 0 amide bonds. The van der Waals surface area contributed by atoms with Gasteiger partial charge in [0, 0.05) is 12.0 Å². The van der Waals surface area contributed by atoms with Crippen LogP contribution < -0.4 is 0 Å². The third-order valence-corrected chi connectivity index (χ3v) is 2.00. The monoisotopic (exact) mass is 238 g/mol. The number of hydrogen-bond acceptors (Lipinski definition) is 3. The Kier molecular flexibility index (Phi) is 2.95. The first-order valence-electron chi connectivity index (χ1n) is 4.20. The molecule has 0 aliphatic rings. The molecule has 1 aromatic heterocycles. The van der Waals surface area contributed by atoms with E-state index in [-0.39, 0.29) is 5.56 Å². The van der Waals surface area contributed by atoms with Crippen LogP contribution in [-0.2, 0) is 17.4 Å². The Balaban J connectivity index is 3.00. The van der Waals surface area contributed by atoms with Gasteiger partial charge in [-0.15, -0.1) is 0 Å². The first kappa shape index (κ1) is 12.5. The van der Waals surface area contributed by atoms with Gasteiger partial charge in [-0.05, 0) is 6.92 Å². The molecule has 8 heteroatoms. The first-order valence-corrected chi connectivity index (χ1v) is 4.20. The molecule has 1 unspecified atom stereocenters. The molecule has 3 N–H and O–H groups in total. The predicted octanol–water partition coefficient (Wildman–Crippen LogP) is 0.807. The van der Waals surface area contributed by atoms with Crippen molar-refractivity contribution >= 4 is 5.97 Å². The molecule has 90 valence electrons. The fourth-order valence-corrected chi connectivity index (χ4v) is 1.14. The number of carboxylic acids is 1. The van der Waals surface area contributed by atoms with Gasteiger partial charge in [-0.1, -0.05) is 0 Å². The van der Waals surface area contributed by atoms with E-state index in [0.717, 1.165) is 13.1 Å². The lowest BCUT2D eigenvalue weighted by atomic mass is 9.97. The van der Waals surface area contributed by atoms with Crippen LogP contribution in [0.15, 0.2) is 6.20 Å². The molecule has 1 aromatic rings. The number of rotatable bonds is 3. The number of H-pyrrole nitrogens is 1. The normalized spacial score (nSPS) is 15.8. The molecule has 0 bridgehead atoms. The van der Waals surface area contributed by atoms with Crippen LogP contribution in [0.5, 0.6) is 0 Å². The number of halogens is 3. The van der Waals surface area contributed by atoms with Crippen LogP contribution in [0.1, 0.15) is 18.2 Å². The van der Waals surface area contributed by atoms with E-state index in [1.54, 1.807) is 5.10 Å². The lowest BCUT2D eigenvalue weighted by Gasteiger charge is -2.17. The van der Waals surface area contributed by atoms with Crippen LogP contribution in [-0.4, -0.2) is 32.0 Å². The summed E-state index contributed by atoms with van der Waals surface area (Å²) >= 11 is 0. The van der Waals surface area contributed by atoms with E-state index in [1.807, 2.05) is 0 Å². The predicted molar refractivity (Wildman–Crippen MR) is 45.6 cm³/mol. The summed E-state index contributed by atoms with van der Waals surface area (Å²) in [6.07, 6.45) is -4.48. The van der Waals surface area contributed by atoms with E-state index in [2.05, 4.69) is 5.10 Å². The molecule has 0 spiro atoms. The minimum atomic E-state index is -4.65. The van der Waals surface area contributed by atoms with E-state index in [0.29, 0.717) is 0 Å². The smallest absolute Gasteiger partial charge is 0.433 e. The van der Waals surface area contributed by atoms with Crippen LogP contribution in [0.4, 0.5) is 13.2 Å². The number of carboxylic acid groups (broad SMARTS) is 1. The second-order valence-electron chi connectivity index (χ2n) is 3.52. The van der Waals surface area contributed by atoms with E-state index in [9.17, 15) is 23.1 Å². The van der Waals surface area contributed by atoms with Crippen molar-refractivity contribution in [1.82, 2.24) is 10.2 Å². The fourth-order valence-electron chi connectivity index (χ4n) is 1.14. The molecule has 0 radical (unpaired) electrons. The zero-order valence-corrected chi connectivity index (χ0v) is 8.17. The van der Waals surface area contributed by atoms with Gasteiger partial charge >= 0.3 is 12.1 Å². The maximum absolute atomic E-state index is 12.4. The SMILES string of the molecule is CC(O)(Cc1cn[nH]c1C(F)(F)F)C(=O)O. The Bertz CT molecular complexity index is 397. The van der Waals surface area contributed by atoms with Gasteiger partial charge in [-0.25, -0.2) is 4.79 Å². The Morgan fingerprint density at radius 1 is 1.56 bits per heavy atom. The Morgan fingerprint density at radius 3 is 2.56 bits per heavy atom. The maximum atomic E-state index is 12.4. The van der Waals surface area contributed by atoms with Crippen LogP contribution in [0.2, 0.25) is 0 Å². The van der Waals surface area contributed by atoms with Gasteiger partial charge in [-0.2, -0.15) is 18.3 Å². The highest BCUT2D eigenvalue weighted by molar-refractivity contribution is 5.77. The number of nitrogens with one attached hydrogen (secondary N) is 1. The highest BCUT2D eigenvalue weighted by Gasteiger charge is 2.39. The zero-order valence-electron chi connectivity index (χ0n) is 8.17. The molecule has 16 heavy (non-hydrogen) atoms. The molecule has 0 saturated carbocycles. The van der Waals surface area contributed by atoms with Crippen LogP contribution in [0.3, 0.4) is 0 Å². The Morgan fingerprint density at radius 2 is 2.12 bits per heavy atom. The number of nitrogens with zero attached hydrogens (tertiary/aromatic N) is 1. The third kappa shape index (κ3) is 2.51. The van der Waals surface area contributed by atoms with Gasteiger partial charge in [0.1, 0.15) is 5.69 Å². The number of aliphatic carboxylic acids is 1. The summed E-state index contributed by atoms with van der Waals surface area (Å²) in [6.45, 7) is 0.919. The van der Waals surface area contributed by atoms with Crippen LogP contribution in [0, 0.1) is 0 Å². The van der Waals surface area contributed by atoms with Crippen molar-refractivity contribution in [3.05, 3.63) is 17.5 Å². The van der Waals surface area contributed by atoms with Crippen molar-refractivity contribution in [2.75, 3.05) is 0 Å². The molecule has 1 atom stereocenters. The molecule has 1 heterocycles. The molecular weight excluding hydrogens is 229 g/mol. The summed E-state index contributed by atoms with van der Waals surface area (Å²) in [4.78, 5) is 10.5. The number of hydrogen-bond donors (Lipinski definition) is 3. The minimum absolute atomic E-state index is 0.389. The first-order chi connectivity index (χ1) is 7.14. The fraction of sp³-hybridized carbons (Fsp3) is 0.500. The summed E-state index contributed by atoms with van der Waals surface area (Å²) in [5, 5.41) is 22.8. The maximum Gasteiger partial charge on any atom is 0.433 e. The van der Waals surface area contributed by atoms with Crippen LogP contribution >= 0.6 is 0 Å². The standard InChI is InChI=1S/C8H9F3N2O3/c1-7(16,6(14)15)2-4-3-12-13-5(4)8(9,10)11/h3,16H,2H2,1H3,(H,12,13)(H,14,15). The summed E-state index contributed by atoms with van der Waals surface area (Å²) in [6, 6.07) is 0. The number of carbonyl (C=O) groups is 1. The number of alkyl halides is 3. The highest BCUT2D eigenvalue weighted by Crippen LogP contribution is 2.31. The molecule has 5 nitrogen and oxygen atoms in total. The molecule has 0 aliphatic heterocycles. The van der Waals surface area contributed by atoms with Gasteiger partial charge in [0.05, 0.1) is 6.20 Å². The topological polar surface area (TPSA) is 86.2 Å². The average molecular weight is 238 g/mol. The van der Waals surface area contributed by atoms with Gasteiger partial charge in [0.15, 0.2) is 5.60 Å². The van der Waals surface area contributed by atoms with Gasteiger partial charge < -0.3 is 10.2 Å². The summed E-state index contributed by atoms with van der Waals surface area (Å²) < 4.78 is 37.1. The largest absolute Gasteiger partial charge is 0.479 e. The zero-order chi connectivity index (χ0) is 12.6. The van der Waals surface area contributed by atoms with Crippen molar-refractivity contribution in [1.29, 1.82) is 0 Å². The third-order valence-electron chi connectivity index (χ3n) is 2.00. The minimum Gasteiger partial charge on any atom is -0.479 e. The second kappa shape index (κ2) is 3.78. The van der Waals surface area contributed by atoms with Crippen molar-refractivity contribution < 1.29 is 28.2 Å². The quantitative estimate of drug-likeness (QED) is 0.727. The average Bonchev–Trinajstić information content (AvgIpc) is 2.49. The molecule has 0 aliphatic carbocycles.